The monoisotopic (exact) mass is 365 g/mol. The molecule has 1 aromatic heterocycles. The van der Waals surface area contributed by atoms with Crippen molar-refractivity contribution in [2.24, 2.45) is 0 Å². The minimum Gasteiger partial charge on any atom is -0.480 e. The lowest BCUT2D eigenvalue weighted by Crippen LogP contribution is -2.56. The maximum absolute atomic E-state index is 12.1. The highest BCUT2D eigenvalue weighted by Crippen LogP contribution is 2.25. The Kier molecular flexibility index (Phi) is 7.44. The Morgan fingerprint density at radius 3 is 2.73 bits per heavy atom. The Hall–Kier alpha value is -2.09. The fourth-order valence-electron chi connectivity index (χ4n) is 3.26. The van der Waals surface area contributed by atoms with Gasteiger partial charge in [-0.25, -0.2) is 4.79 Å². The quantitative estimate of drug-likeness (QED) is 0.586. The summed E-state index contributed by atoms with van der Waals surface area (Å²) < 4.78 is 1.94. The number of carbonyl (C=O) groups excluding carboxylic acids is 1. The Morgan fingerprint density at radius 1 is 1.38 bits per heavy atom. The van der Waals surface area contributed by atoms with Gasteiger partial charge in [0.2, 0.25) is 0 Å². The second-order valence-electron chi connectivity index (χ2n) is 6.96. The lowest BCUT2D eigenvalue weighted by atomic mass is 9.85. The van der Waals surface area contributed by atoms with Crippen molar-refractivity contribution in [3.63, 3.8) is 0 Å². The van der Waals surface area contributed by atoms with Crippen molar-refractivity contribution in [3.05, 3.63) is 17.5 Å². The van der Waals surface area contributed by atoms with Crippen LogP contribution in [0.1, 0.15) is 50.8 Å². The van der Waals surface area contributed by atoms with Gasteiger partial charge >= 0.3 is 12.0 Å². The first-order chi connectivity index (χ1) is 12.4. The third-order valence-electron chi connectivity index (χ3n) is 4.94. The molecule has 1 aromatic rings. The predicted molar refractivity (Wildman–Crippen MR) is 98.9 cm³/mol. The number of likely N-dealkylation sites (N-methyl/N-ethyl adjacent to an activating group) is 1. The van der Waals surface area contributed by atoms with E-state index in [9.17, 15) is 9.59 Å². The molecule has 0 unspecified atom stereocenters. The molecule has 1 aliphatic carbocycles. The van der Waals surface area contributed by atoms with Crippen LogP contribution in [0, 0.1) is 6.92 Å². The summed E-state index contributed by atoms with van der Waals surface area (Å²) in [5, 5.41) is 19.2. The molecule has 26 heavy (non-hydrogen) atoms. The van der Waals surface area contributed by atoms with E-state index >= 15 is 0 Å². The van der Waals surface area contributed by atoms with Gasteiger partial charge in [-0.15, -0.1) is 0 Å². The van der Waals surface area contributed by atoms with E-state index in [4.69, 9.17) is 5.11 Å². The molecule has 3 N–H and O–H groups in total. The number of carboxylic acids is 1. The van der Waals surface area contributed by atoms with Crippen LogP contribution >= 0.6 is 0 Å². The molecule has 2 rings (SSSR count). The third-order valence-corrected chi connectivity index (χ3v) is 4.94. The number of aromatic nitrogens is 2. The van der Waals surface area contributed by atoms with Gasteiger partial charge in [-0.1, -0.05) is 20.3 Å². The molecule has 1 heterocycles. The van der Waals surface area contributed by atoms with Gasteiger partial charge in [0.05, 0.1) is 12.2 Å². The summed E-state index contributed by atoms with van der Waals surface area (Å²) in [7, 11) is 0. The van der Waals surface area contributed by atoms with Gasteiger partial charge in [0.25, 0.3) is 0 Å². The number of rotatable bonds is 10. The molecular weight excluding hydrogens is 334 g/mol. The topological polar surface area (TPSA) is 99.5 Å². The summed E-state index contributed by atoms with van der Waals surface area (Å²) in [5.74, 6) is -0.809. The van der Waals surface area contributed by atoms with Gasteiger partial charge in [-0.3, -0.25) is 14.4 Å². The summed E-state index contributed by atoms with van der Waals surface area (Å²) in [6.45, 7) is 8.18. The first kappa shape index (κ1) is 20.2. The Labute approximate surface area is 154 Å². The Bertz CT molecular complexity index is 610. The van der Waals surface area contributed by atoms with E-state index in [0.717, 1.165) is 43.5 Å². The molecule has 0 spiro atoms. The van der Waals surface area contributed by atoms with Crippen molar-refractivity contribution in [2.45, 2.75) is 71.6 Å². The van der Waals surface area contributed by atoms with E-state index in [-0.39, 0.29) is 24.7 Å². The van der Waals surface area contributed by atoms with Gasteiger partial charge in [0.15, 0.2) is 0 Å². The molecule has 0 bridgehead atoms. The summed E-state index contributed by atoms with van der Waals surface area (Å²) in [6, 6.07) is 0.159. The van der Waals surface area contributed by atoms with E-state index in [1.807, 2.05) is 29.6 Å². The standard InChI is InChI=1S/C18H31N5O3/c1-4-6-7-23-11-14(13(3)21-23)10-19-18(26)20-15-8-16(9-15)22(5-2)12-17(24)25/h11,15-16H,4-10,12H2,1-3H3,(H,24,25)(H2,19,20,26). The largest absolute Gasteiger partial charge is 0.480 e. The van der Waals surface area contributed by atoms with Crippen LogP contribution in [-0.4, -0.2) is 57.0 Å². The molecule has 1 saturated carbocycles. The Morgan fingerprint density at radius 2 is 2.12 bits per heavy atom. The van der Waals surface area contributed by atoms with Gasteiger partial charge in [-0.05, 0) is 32.7 Å². The minimum atomic E-state index is -0.809. The number of amides is 2. The molecule has 1 fully saturated rings. The van der Waals surface area contributed by atoms with Gasteiger partial charge in [-0.2, -0.15) is 5.10 Å². The predicted octanol–water partition coefficient (Wildman–Crippen LogP) is 1.73. The van der Waals surface area contributed by atoms with E-state index in [2.05, 4.69) is 22.7 Å². The lowest BCUT2D eigenvalue weighted by Gasteiger charge is -2.42. The summed E-state index contributed by atoms with van der Waals surface area (Å²) in [5.41, 5.74) is 1.97. The van der Waals surface area contributed by atoms with Crippen molar-refractivity contribution in [3.8, 4) is 0 Å². The highest BCUT2D eigenvalue weighted by atomic mass is 16.4. The fraction of sp³-hybridized carbons (Fsp3) is 0.722. The molecule has 0 aliphatic heterocycles. The van der Waals surface area contributed by atoms with Crippen LogP contribution in [0.2, 0.25) is 0 Å². The zero-order valence-electron chi connectivity index (χ0n) is 16.0. The molecule has 1 aliphatic rings. The highest BCUT2D eigenvalue weighted by Gasteiger charge is 2.34. The number of aliphatic carboxylic acids is 1. The average molecular weight is 365 g/mol. The summed E-state index contributed by atoms with van der Waals surface area (Å²) in [4.78, 5) is 24.9. The number of nitrogens with zero attached hydrogens (tertiary/aromatic N) is 3. The van der Waals surface area contributed by atoms with Crippen LogP contribution < -0.4 is 10.6 Å². The van der Waals surface area contributed by atoms with Crippen molar-refractivity contribution in [2.75, 3.05) is 13.1 Å². The first-order valence-electron chi connectivity index (χ1n) is 9.46. The fourth-order valence-corrected chi connectivity index (χ4v) is 3.26. The number of unbranched alkanes of at least 4 members (excludes halogenated alkanes) is 1. The van der Waals surface area contributed by atoms with Crippen LogP contribution in [-0.2, 0) is 17.9 Å². The van der Waals surface area contributed by atoms with Gasteiger partial charge < -0.3 is 15.7 Å². The molecule has 0 aromatic carbocycles. The van der Waals surface area contributed by atoms with Gasteiger partial charge in [0, 0.05) is 36.9 Å². The Balaban J connectivity index is 1.70. The van der Waals surface area contributed by atoms with Crippen molar-refractivity contribution in [1.82, 2.24) is 25.3 Å². The maximum Gasteiger partial charge on any atom is 0.317 e. The number of carbonyl (C=O) groups is 2. The van der Waals surface area contributed by atoms with Crippen LogP contribution in [0.4, 0.5) is 4.79 Å². The van der Waals surface area contributed by atoms with E-state index in [1.165, 1.54) is 0 Å². The second-order valence-corrected chi connectivity index (χ2v) is 6.96. The normalized spacial score (nSPS) is 19.2. The van der Waals surface area contributed by atoms with Crippen molar-refractivity contribution in [1.29, 1.82) is 0 Å². The molecular formula is C18H31N5O3. The number of carboxylic acid groups (broad SMARTS) is 1. The minimum absolute atomic E-state index is 0.0569. The van der Waals surface area contributed by atoms with Gasteiger partial charge in [0.1, 0.15) is 0 Å². The second kappa shape index (κ2) is 9.56. The number of hydrogen-bond acceptors (Lipinski definition) is 4. The highest BCUT2D eigenvalue weighted by molar-refractivity contribution is 5.74. The molecule has 8 heteroatoms. The number of hydrogen-bond donors (Lipinski definition) is 3. The van der Waals surface area contributed by atoms with E-state index in [1.54, 1.807) is 0 Å². The van der Waals surface area contributed by atoms with E-state index < -0.39 is 5.97 Å². The number of aryl methyl sites for hydroxylation is 2. The zero-order chi connectivity index (χ0) is 19.1. The molecule has 146 valence electrons. The molecule has 0 radical (unpaired) electrons. The first-order valence-corrected chi connectivity index (χ1v) is 9.46. The molecule has 0 atom stereocenters. The third kappa shape index (κ3) is 5.72. The molecule has 8 nitrogen and oxygen atoms in total. The zero-order valence-corrected chi connectivity index (χ0v) is 16.0. The smallest absolute Gasteiger partial charge is 0.317 e. The lowest BCUT2D eigenvalue weighted by molar-refractivity contribution is -0.139. The molecule has 2 amide bonds. The number of nitrogens with one attached hydrogen (secondary N) is 2. The van der Waals surface area contributed by atoms with Crippen molar-refractivity contribution < 1.29 is 14.7 Å². The average Bonchev–Trinajstić information content (AvgIpc) is 2.91. The van der Waals surface area contributed by atoms with Crippen LogP contribution in [0.25, 0.3) is 0 Å². The molecule has 0 saturated heterocycles. The summed E-state index contributed by atoms with van der Waals surface area (Å²) in [6.07, 6.45) is 5.80. The SMILES string of the molecule is CCCCn1cc(CNC(=O)NC2CC(N(CC)CC(=O)O)C2)c(C)n1. The summed E-state index contributed by atoms with van der Waals surface area (Å²) >= 11 is 0. The van der Waals surface area contributed by atoms with Crippen LogP contribution in [0.15, 0.2) is 6.20 Å². The van der Waals surface area contributed by atoms with E-state index in [0.29, 0.717) is 13.1 Å². The van der Waals surface area contributed by atoms with Crippen LogP contribution in [0.5, 0.6) is 0 Å². The maximum atomic E-state index is 12.1. The number of urea groups is 1. The van der Waals surface area contributed by atoms with Crippen LogP contribution in [0.3, 0.4) is 0 Å². The van der Waals surface area contributed by atoms with Crippen molar-refractivity contribution >= 4 is 12.0 Å².